The highest BCUT2D eigenvalue weighted by atomic mass is 32.2. The van der Waals surface area contributed by atoms with Gasteiger partial charge in [-0.2, -0.15) is 0 Å². The number of nitrogens with zero attached hydrogens (tertiary/aromatic N) is 1. The topological polar surface area (TPSA) is 75.4 Å². The number of benzene rings is 1. The fraction of sp³-hybridized carbons (Fsp3) is 0.571. The largest absolute Gasteiger partial charge is 0.373 e. The lowest BCUT2D eigenvalue weighted by Crippen LogP contribution is -2.30. The third-order valence-corrected chi connectivity index (χ3v) is 4.95. The molecule has 1 aliphatic carbocycles. The summed E-state index contributed by atoms with van der Waals surface area (Å²) in [6.07, 6.45) is 2.69. The Morgan fingerprint density at radius 1 is 1.40 bits per heavy atom. The molecule has 1 aromatic rings. The number of hydrogen-bond acceptors (Lipinski definition) is 4. The Bertz CT molecular complexity index is 553. The second kappa shape index (κ2) is 6.11. The summed E-state index contributed by atoms with van der Waals surface area (Å²) in [7, 11) is -1.54. The third kappa shape index (κ3) is 3.94. The molecule has 0 heterocycles. The van der Waals surface area contributed by atoms with E-state index in [4.69, 9.17) is 5.73 Å². The van der Waals surface area contributed by atoms with Gasteiger partial charge < -0.3 is 10.6 Å². The Balaban J connectivity index is 2.20. The molecule has 1 aromatic carbocycles. The number of nitrogens with two attached hydrogens (primary N) is 1. The molecule has 0 aromatic heterocycles. The average Bonchev–Trinajstić information content (AvgIpc) is 3.19. The van der Waals surface area contributed by atoms with Gasteiger partial charge in [0.25, 0.3) is 0 Å². The van der Waals surface area contributed by atoms with Crippen LogP contribution in [0.3, 0.4) is 0 Å². The Kier molecular flexibility index (Phi) is 4.67. The smallest absolute Gasteiger partial charge is 0.242 e. The molecule has 1 unspecified atom stereocenters. The SMILES string of the molecule is CC(N)CCN(C)c1ccccc1S(=O)(=O)NC1CC1. The Hall–Kier alpha value is -1.11. The van der Waals surface area contributed by atoms with Gasteiger partial charge in [0.1, 0.15) is 4.90 Å². The van der Waals surface area contributed by atoms with Gasteiger partial charge in [-0.1, -0.05) is 12.1 Å². The zero-order chi connectivity index (χ0) is 14.8. The van der Waals surface area contributed by atoms with Gasteiger partial charge in [-0.3, -0.25) is 0 Å². The lowest BCUT2D eigenvalue weighted by atomic mass is 10.2. The van der Waals surface area contributed by atoms with Crippen molar-refractivity contribution in [3.63, 3.8) is 0 Å². The molecule has 5 nitrogen and oxygen atoms in total. The first-order valence-corrected chi connectivity index (χ1v) is 8.46. The lowest BCUT2D eigenvalue weighted by Gasteiger charge is -2.23. The summed E-state index contributed by atoms with van der Waals surface area (Å²) in [5.41, 5.74) is 6.48. The van der Waals surface area contributed by atoms with Gasteiger partial charge in [0, 0.05) is 25.7 Å². The monoisotopic (exact) mass is 297 g/mol. The van der Waals surface area contributed by atoms with Gasteiger partial charge >= 0.3 is 0 Å². The van der Waals surface area contributed by atoms with E-state index in [1.807, 2.05) is 31.0 Å². The molecule has 1 fully saturated rings. The van der Waals surface area contributed by atoms with Gasteiger partial charge in [-0.05, 0) is 38.3 Å². The van der Waals surface area contributed by atoms with Crippen LogP contribution >= 0.6 is 0 Å². The summed E-state index contributed by atoms with van der Waals surface area (Å²) in [6.45, 7) is 2.68. The van der Waals surface area contributed by atoms with E-state index in [9.17, 15) is 8.42 Å². The van der Waals surface area contributed by atoms with Crippen molar-refractivity contribution in [2.75, 3.05) is 18.5 Å². The second-order valence-electron chi connectivity index (χ2n) is 5.55. The summed E-state index contributed by atoms with van der Waals surface area (Å²) >= 11 is 0. The van der Waals surface area contributed by atoms with Crippen LogP contribution in [-0.2, 0) is 10.0 Å². The van der Waals surface area contributed by atoms with Crippen LogP contribution in [0.25, 0.3) is 0 Å². The molecule has 0 spiro atoms. The number of nitrogens with one attached hydrogen (secondary N) is 1. The molecule has 0 radical (unpaired) electrons. The Morgan fingerprint density at radius 2 is 2.05 bits per heavy atom. The molecule has 3 N–H and O–H groups in total. The van der Waals surface area contributed by atoms with Crippen LogP contribution in [0.15, 0.2) is 29.2 Å². The van der Waals surface area contributed by atoms with Crippen LogP contribution in [0, 0.1) is 0 Å². The second-order valence-corrected chi connectivity index (χ2v) is 7.23. The molecule has 2 rings (SSSR count). The fourth-order valence-electron chi connectivity index (χ4n) is 2.00. The minimum atomic E-state index is -3.43. The molecule has 0 bridgehead atoms. The standard InChI is InChI=1S/C14H23N3O2S/c1-11(15)9-10-17(2)13-5-3-4-6-14(13)20(18,19)16-12-7-8-12/h3-6,11-12,16H,7-10,15H2,1-2H3. The number of hydrogen-bond donors (Lipinski definition) is 2. The summed E-state index contributed by atoms with van der Waals surface area (Å²) in [4.78, 5) is 2.30. The van der Waals surface area contributed by atoms with Crippen LogP contribution in [0.4, 0.5) is 5.69 Å². The van der Waals surface area contributed by atoms with Gasteiger partial charge in [0.15, 0.2) is 0 Å². The summed E-state index contributed by atoms with van der Waals surface area (Å²) in [5.74, 6) is 0. The molecule has 1 atom stereocenters. The van der Waals surface area contributed by atoms with Crippen molar-refractivity contribution < 1.29 is 8.42 Å². The number of sulfonamides is 1. The van der Waals surface area contributed by atoms with Crippen molar-refractivity contribution in [1.29, 1.82) is 0 Å². The molecule has 6 heteroatoms. The van der Waals surface area contributed by atoms with Crippen molar-refractivity contribution in [2.45, 2.75) is 43.2 Å². The van der Waals surface area contributed by atoms with E-state index in [-0.39, 0.29) is 12.1 Å². The van der Waals surface area contributed by atoms with Crippen LogP contribution < -0.4 is 15.4 Å². The minimum Gasteiger partial charge on any atom is -0.373 e. The van der Waals surface area contributed by atoms with Gasteiger partial charge in [0.05, 0.1) is 5.69 Å². The average molecular weight is 297 g/mol. The van der Waals surface area contributed by atoms with Gasteiger partial charge in [0.2, 0.25) is 10.0 Å². The normalized spacial score (nSPS) is 16.9. The molecule has 112 valence electrons. The Morgan fingerprint density at radius 3 is 2.65 bits per heavy atom. The predicted molar refractivity (Wildman–Crippen MR) is 81.3 cm³/mol. The fourth-order valence-corrected chi connectivity index (χ4v) is 3.56. The molecule has 0 aliphatic heterocycles. The van der Waals surface area contributed by atoms with Crippen molar-refractivity contribution in [3.8, 4) is 0 Å². The lowest BCUT2D eigenvalue weighted by molar-refractivity contribution is 0.580. The maximum Gasteiger partial charge on any atom is 0.242 e. The summed E-state index contributed by atoms with van der Waals surface area (Å²) in [5, 5.41) is 0. The van der Waals surface area contributed by atoms with Crippen molar-refractivity contribution in [2.24, 2.45) is 5.73 Å². The number of anilines is 1. The van der Waals surface area contributed by atoms with Gasteiger partial charge in [-0.15, -0.1) is 0 Å². The highest BCUT2D eigenvalue weighted by molar-refractivity contribution is 7.89. The first kappa shape index (κ1) is 15.3. The molecule has 20 heavy (non-hydrogen) atoms. The third-order valence-electron chi connectivity index (χ3n) is 3.39. The van der Waals surface area contributed by atoms with E-state index in [0.29, 0.717) is 4.90 Å². The first-order chi connectivity index (χ1) is 9.40. The van der Waals surface area contributed by atoms with Crippen LogP contribution in [0.5, 0.6) is 0 Å². The van der Waals surface area contributed by atoms with Crippen molar-refractivity contribution in [1.82, 2.24) is 4.72 Å². The zero-order valence-electron chi connectivity index (χ0n) is 12.0. The van der Waals surface area contributed by atoms with Crippen LogP contribution in [0.1, 0.15) is 26.2 Å². The molecule has 1 saturated carbocycles. The van der Waals surface area contributed by atoms with E-state index >= 15 is 0 Å². The maximum atomic E-state index is 12.4. The molecule has 0 amide bonds. The molecule has 0 saturated heterocycles. The van der Waals surface area contributed by atoms with E-state index in [0.717, 1.165) is 31.5 Å². The summed E-state index contributed by atoms with van der Waals surface area (Å²) in [6, 6.07) is 7.32. The van der Waals surface area contributed by atoms with Crippen LogP contribution in [-0.4, -0.2) is 34.1 Å². The first-order valence-electron chi connectivity index (χ1n) is 6.98. The highest BCUT2D eigenvalue weighted by Gasteiger charge is 2.29. The minimum absolute atomic E-state index is 0.103. The zero-order valence-corrected chi connectivity index (χ0v) is 12.9. The predicted octanol–water partition coefficient (Wildman–Crippen LogP) is 1.30. The van der Waals surface area contributed by atoms with E-state index in [1.54, 1.807) is 12.1 Å². The van der Waals surface area contributed by atoms with E-state index in [2.05, 4.69) is 4.72 Å². The molecular formula is C14H23N3O2S. The van der Waals surface area contributed by atoms with Crippen molar-refractivity contribution >= 4 is 15.7 Å². The van der Waals surface area contributed by atoms with Crippen molar-refractivity contribution in [3.05, 3.63) is 24.3 Å². The summed E-state index contributed by atoms with van der Waals surface area (Å²) < 4.78 is 27.5. The molecule has 1 aliphatic rings. The maximum absolute atomic E-state index is 12.4. The number of rotatable bonds is 7. The van der Waals surface area contributed by atoms with E-state index in [1.165, 1.54) is 0 Å². The number of para-hydroxylation sites is 1. The Labute approximate surface area is 121 Å². The molecular weight excluding hydrogens is 274 g/mol. The van der Waals surface area contributed by atoms with Crippen LogP contribution in [0.2, 0.25) is 0 Å². The highest BCUT2D eigenvalue weighted by Crippen LogP contribution is 2.27. The van der Waals surface area contributed by atoms with Gasteiger partial charge in [-0.25, -0.2) is 13.1 Å². The quantitative estimate of drug-likeness (QED) is 0.795. The van der Waals surface area contributed by atoms with E-state index < -0.39 is 10.0 Å².